The van der Waals surface area contributed by atoms with Gasteiger partial charge in [0.15, 0.2) is 6.61 Å². The van der Waals surface area contributed by atoms with E-state index in [0.29, 0.717) is 11.4 Å². The van der Waals surface area contributed by atoms with Crippen LogP contribution in [0.15, 0.2) is 18.2 Å². The maximum absolute atomic E-state index is 11.4. The molecule has 1 amide bonds. The van der Waals surface area contributed by atoms with Gasteiger partial charge in [-0.05, 0) is 25.1 Å². The second-order valence-corrected chi connectivity index (χ2v) is 4.08. The van der Waals surface area contributed by atoms with Crippen molar-refractivity contribution in [2.75, 3.05) is 20.7 Å². The lowest BCUT2D eigenvalue weighted by atomic mass is 10.2. The van der Waals surface area contributed by atoms with Crippen LogP contribution in [0.5, 0.6) is 5.75 Å². The largest absolute Gasteiger partial charge is 0.482 e. The van der Waals surface area contributed by atoms with Gasteiger partial charge in [0.05, 0.1) is 0 Å². The van der Waals surface area contributed by atoms with E-state index in [1.165, 1.54) is 11.0 Å². The second-order valence-electron chi connectivity index (χ2n) is 4.08. The van der Waals surface area contributed by atoms with Crippen LogP contribution in [-0.4, -0.2) is 47.6 Å². The molecule has 1 aromatic heterocycles. The van der Waals surface area contributed by atoms with Crippen molar-refractivity contribution in [3.63, 3.8) is 0 Å². The number of aliphatic carboxylic acids is 1. The molecule has 19 heavy (non-hydrogen) atoms. The fourth-order valence-electron chi connectivity index (χ4n) is 1.22. The summed E-state index contributed by atoms with van der Waals surface area (Å²) in [5.41, 5.74) is 1.12. The average molecular weight is 264 g/mol. The molecule has 0 saturated heterocycles. The third-order valence-electron chi connectivity index (χ3n) is 2.26. The van der Waals surface area contributed by atoms with Gasteiger partial charge in [0, 0.05) is 25.9 Å². The first-order valence-corrected chi connectivity index (χ1v) is 5.61. The molecule has 0 radical (unpaired) electrons. The van der Waals surface area contributed by atoms with Gasteiger partial charge in [-0.15, -0.1) is 0 Å². The third kappa shape index (κ3) is 4.79. The van der Waals surface area contributed by atoms with E-state index < -0.39 is 5.97 Å². The Labute approximate surface area is 111 Å². The van der Waals surface area contributed by atoms with Crippen LogP contribution < -0.4 is 4.74 Å². The zero-order valence-corrected chi connectivity index (χ0v) is 11.1. The van der Waals surface area contributed by atoms with Gasteiger partial charge < -0.3 is 14.7 Å². The number of hydrogen-bond acceptors (Lipinski definition) is 4. The van der Waals surface area contributed by atoms with E-state index in [9.17, 15) is 9.59 Å². The molecule has 102 valence electrons. The number of rotatable bonds is 5. The van der Waals surface area contributed by atoms with Crippen LogP contribution in [0.1, 0.15) is 11.4 Å². The Balaban J connectivity index is 2.88. The van der Waals surface area contributed by atoms with E-state index in [1.807, 2.05) is 0 Å². The highest BCUT2D eigenvalue weighted by atomic mass is 16.5. The lowest BCUT2D eigenvalue weighted by molar-refractivity contribution is -0.132. The highest BCUT2D eigenvalue weighted by molar-refractivity contribution is 5.85. The van der Waals surface area contributed by atoms with Gasteiger partial charge in [-0.3, -0.25) is 4.79 Å². The molecule has 0 atom stereocenters. The number of carboxylic acid groups (broad SMARTS) is 1. The molecule has 0 aliphatic carbocycles. The first-order valence-electron chi connectivity index (χ1n) is 5.61. The summed E-state index contributed by atoms with van der Waals surface area (Å²) < 4.78 is 5.35. The van der Waals surface area contributed by atoms with E-state index in [1.54, 1.807) is 33.2 Å². The molecule has 1 rings (SSSR count). The number of carbonyl (C=O) groups is 2. The zero-order chi connectivity index (χ0) is 14.4. The van der Waals surface area contributed by atoms with Crippen LogP contribution in [0.4, 0.5) is 0 Å². The van der Waals surface area contributed by atoms with Crippen LogP contribution in [0, 0.1) is 6.92 Å². The van der Waals surface area contributed by atoms with Gasteiger partial charge in [0.1, 0.15) is 11.4 Å². The highest BCUT2D eigenvalue weighted by Crippen LogP contribution is 2.18. The number of likely N-dealkylation sites (N-methyl/N-ethyl adjacent to an activating group) is 1. The van der Waals surface area contributed by atoms with E-state index in [0.717, 1.165) is 11.8 Å². The van der Waals surface area contributed by atoms with Gasteiger partial charge in [-0.2, -0.15) is 0 Å². The summed E-state index contributed by atoms with van der Waals surface area (Å²) in [7, 11) is 3.26. The Morgan fingerprint density at radius 2 is 2.11 bits per heavy atom. The van der Waals surface area contributed by atoms with Crippen molar-refractivity contribution in [3.05, 3.63) is 29.6 Å². The SMILES string of the molecule is Cc1ccc(OCC(=O)N(C)C)c(C=CC(=O)O)n1. The van der Waals surface area contributed by atoms with Crippen molar-refractivity contribution in [2.24, 2.45) is 0 Å². The van der Waals surface area contributed by atoms with Crippen LogP contribution in [-0.2, 0) is 9.59 Å². The number of aryl methyl sites for hydroxylation is 1. The molecular weight excluding hydrogens is 248 g/mol. The van der Waals surface area contributed by atoms with Crippen molar-refractivity contribution < 1.29 is 19.4 Å². The standard InChI is InChI=1S/C13H16N2O4/c1-9-4-6-11(19-8-12(16)15(2)3)10(14-9)5-7-13(17)18/h4-7H,8H2,1-3H3,(H,17,18). The second kappa shape index (κ2) is 6.53. The number of carbonyl (C=O) groups excluding carboxylic acids is 1. The molecule has 0 aromatic carbocycles. The van der Waals surface area contributed by atoms with Gasteiger partial charge in [-0.1, -0.05) is 0 Å². The molecule has 0 fully saturated rings. The van der Waals surface area contributed by atoms with Gasteiger partial charge >= 0.3 is 5.97 Å². The van der Waals surface area contributed by atoms with Crippen molar-refractivity contribution in [1.29, 1.82) is 0 Å². The highest BCUT2D eigenvalue weighted by Gasteiger charge is 2.08. The molecule has 6 heteroatoms. The molecule has 0 aliphatic rings. The lowest BCUT2D eigenvalue weighted by Crippen LogP contribution is -2.27. The molecule has 1 aromatic rings. The van der Waals surface area contributed by atoms with Crippen molar-refractivity contribution in [1.82, 2.24) is 9.88 Å². The molecular formula is C13H16N2O4. The first-order chi connectivity index (χ1) is 8.90. The number of nitrogens with zero attached hydrogens (tertiary/aromatic N) is 2. The average Bonchev–Trinajstić information content (AvgIpc) is 2.34. The van der Waals surface area contributed by atoms with Gasteiger partial charge in [-0.25, -0.2) is 9.78 Å². The summed E-state index contributed by atoms with van der Waals surface area (Å²) in [6, 6.07) is 3.39. The number of hydrogen-bond donors (Lipinski definition) is 1. The molecule has 0 saturated carbocycles. The Kier molecular flexibility index (Phi) is 5.05. The number of carboxylic acids is 1. The van der Waals surface area contributed by atoms with E-state index in [4.69, 9.17) is 9.84 Å². The zero-order valence-electron chi connectivity index (χ0n) is 11.1. The summed E-state index contributed by atoms with van der Waals surface area (Å²) >= 11 is 0. The molecule has 0 bridgehead atoms. The first kappa shape index (κ1) is 14.7. The monoisotopic (exact) mass is 264 g/mol. The molecule has 0 spiro atoms. The minimum absolute atomic E-state index is 0.119. The van der Waals surface area contributed by atoms with E-state index in [2.05, 4.69) is 4.98 Å². The smallest absolute Gasteiger partial charge is 0.328 e. The Hall–Kier alpha value is -2.37. The fraction of sp³-hybridized carbons (Fsp3) is 0.308. The van der Waals surface area contributed by atoms with Crippen molar-refractivity contribution in [3.8, 4) is 5.75 Å². The summed E-state index contributed by atoms with van der Waals surface area (Å²) in [6.07, 6.45) is 2.31. The van der Waals surface area contributed by atoms with Gasteiger partial charge in [0.25, 0.3) is 5.91 Å². The summed E-state index contributed by atoms with van der Waals surface area (Å²) in [5, 5.41) is 8.61. The fourth-order valence-corrected chi connectivity index (χ4v) is 1.22. The Morgan fingerprint density at radius 1 is 1.42 bits per heavy atom. The molecule has 0 aliphatic heterocycles. The molecule has 6 nitrogen and oxygen atoms in total. The van der Waals surface area contributed by atoms with Crippen LogP contribution in [0.3, 0.4) is 0 Å². The number of pyridine rings is 1. The number of ether oxygens (including phenoxy) is 1. The summed E-state index contributed by atoms with van der Waals surface area (Å²) in [5.74, 6) is -0.884. The van der Waals surface area contributed by atoms with Crippen LogP contribution in [0.25, 0.3) is 6.08 Å². The normalized spacial score (nSPS) is 10.5. The topological polar surface area (TPSA) is 79.7 Å². The maximum Gasteiger partial charge on any atom is 0.328 e. The van der Waals surface area contributed by atoms with Crippen molar-refractivity contribution >= 4 is 18.0 Å². The molecule has 1 heterocycles. The van der Waals surface area contributed by atoms with Crippen LogP contribution >= 0.6 is 0 Å². The molecule has 1 N–H and O–H groups in total. The summed E-state index contributed by atoms with van der Waals surface area (Å²) in [4.78, 5) is 27.5. The summed E-state index contributed by atoms with van der Waals surface area (Å²) in [6.45, 7) is 1.67. The molecule has 0 unspecified atom stereocenters. The quantitative estimate of drug-likeness (QED) is 0.801. The predicted molar refractivity (Wildman–Crippen MR) is 69.8 cm³/mol. The Bertz CT molecular complexity index is 509. The Morgan fingerprint density at radius 3 is 2.68 bits per heavy atom. The third-order valence-corrected chi connectivity index (χ3v) is 2.26. The lowest BCUT2D eigenvalue weighted by Gasteiger charge is -2.12. The minimum atomic E-state index is -1.07. The van der Waals surface area contributed by atoms with Crippen LogP contribution in [0.2, 0.25) is 0 Å². The number of amides is 1. The van der Waals surface area contributed by atoms with E-state index in [-0.39, 0.29) is 12.5 Å². The van der Waals surface area contributed by atoms with Gasteiger partial charge in [0.2, 0.25) is 0 Å². The van der Waals surface area contributed by atoms with Crippen molar-refractivity contribution in [2.45, 2.75) is 6.92 Å². The predicted octanol–water partition coefficient (Wildman–Crippen LogP) is 0.955. The number of aromatic nitrogens is 1. The minimum Gasteiger partial charge on any atom is -0.482 e. The van der Waals surface area contributed by atoms with E-state index >= 15 is 0 Å². The maximum atomic E-state index is 11.4.